The van der Waals surface area contributed by atoms with Gasteiger partial charge in [-0.3, -0.25) is 9.59 Å². The highest BCUT2D eigenvalue weighted by Crippen LogP contribution is 2.37. The van der Waals surface area contributed by atoms with E-state index in [4.69, 9.17) is 32.2 Å². The summed E-state index contributed by atoms with van der Waals surface area (Å²) in [5, 5.41) is 15.2. The fourth-order valence-corrected chi connectivity index (χ4v) is 5.44. The van der Waals surface area contributed by atoms with Crippen LogP contribution in [0.2, 0.25) is 10.0 Å². The number of hydrogen-bond donors (Lipinski definition) is 2. The fraction of sp³-hybridized carbons (Fsp3) is 0.188. The minimum atomic E-state index is -0.380. The van der Waals surface area contributed by atoms with E-state index in [-0.39, 0.29) is 11.8 Å². The number of anilines is 2. The fourth-order valence-electron chi connectivity index (χ4n) is 4.99. The molecule has 0 radical (unpaired) electrons. The Morgan fingerprint density at radius 2 is 0.929 bits per heavy atom. The number of aromatic nitrogens is 2. The summed E-state index contributed by atoms with van der Waals surface area (Å²) in [5.41, 5.74) is 6.96. The van der Waals surface area contributed by atoms with Gasteiger partial charge in [-0.25, -0.2) is 0 Å². The molecule has 2 heterocycles. The Hall–Kier alpha value is -4.40. The second-order valence-corrected chi connectivity index (χ2v) is 10.9. The minimum Gasteiger partial charge on any atom is -0.360 e. The standard InChI is InChI=1S/C32H28Cl2N4O4/c1-15-16(2)28(36-32(40)26-20(6)42-38-30(26)22-12-8-10-14-24(22)34)18(4)17(3)27(15)35-31(39)25-19(5)41-37-29(25)21-11-7-9-13-23(21)33/h7-14H,1-6H3,(H,35,39)(H,36,40). The molecule has 0 bridgehead atoms. The van der Waals surface area contributed by atoms with Gasteiger partial charge in [-0.15, -0.1) is 0 Å². The minimum absolute atomic E-state index is 0.296. The van der Waals surface area contributed by atoms with Crippen molar-refractivity contribution in [3.63, 3.8) is 0 Å². The number of benzene rings is 3. The molecule has 2 N–H and O–H groups in total. The van der Waals surface area contributed by atoms with Crippen molar-refractivity contribution in [2.45, 2.75) is 41.5 Å². The zero-order valence-electron chi connectivity index (χ0n) is 23.9. The maximum atomic E-state index is 13.6. The number of carbonyl (C=O) groups is 2. The van der Waals surface area contributed by atoms with E-state index in [9.17, 15) is 9.59 Å². The quantitative estimate of drug-likeness (QED) is 0.201. The maximum Gasteiger partial charge on any atom is 0.261 e. The predicted molar refractivity (Wildman–Crippen MR) is 165 cm³/mol. The number of aryl methyl sites for hydroxylation is 2. The van der Waals surface area contributed by atoms with Gasteiger partial charge in [0.05, 0.1) is 10.0 Å². The van der Waals surface area contributed by atoms with Crippen molar-refractivity contribution < 1.29 is 18.6 Å². The zero-order valence-corrected chi connectivity index (χ0v) is 25.4. The lowest BCUT2D eigenvalue weighted by Crippen LogP contribution is -2.19. The van der Waals surface area contributed by atoms with Gasteiger partial charge >= 0.3 is 0 Å². The van der Waals surface area contributed by atoms with Crippen LogP contribution in [0.4, 0.5) is 11.4 Å². The number of amides is 2. The third-order valence-electron chi connectivity index (χ3n) is 7.54. The average molecular weight is 604 g/mol. The molecule has 0 atom stereocenters. The first-order valence-electron chi connectivity index (χ1n) is 13.2. The Morgan fingerprint density at radius 3 is 1.26 bits per heavy atom. The molecule has 0 aliphatic rings. The highest BCUT2D eigenvalue weighted by Gasteiger charge is 2.27. The predicted octanol–water partition coefficient (Wildman–Crippen LogP) is 8.66. The Balaban J connectivity index is 1.48. The van der Waals surface area contributed by atoms with Gasteiger partial charge in [-0.05, 0) is 75.9 Å². The van der Waals surface area contributed by atoms with Crippen molar-refractivity contribution in [1.29, 1.82) is 0 Å². The first-order valence-corrected chi connectivity index (χ1v) is 13.9. The molecule has 214 valence electrons. The van der Waals surface area contributed by atoms with Gasteiger partial charge < -0.3 is 19.7 Å². The van der Waals surface area contributed by atoms with Gasteiger partial charge in [0.25, 0.3) is 11.8 Å². The van der Waals surface area contributed by atoms with Crippen molar-refractivity contribution >= 4 is 46.4 Å². The van der Waals surface area contributed by atoms with Gasteiger partial charge in [-0.1, -0.05) is 69.9 Å². The Labute approximate surface area is 253 Å². The second-order valence-electron chi connectivity index (χ2n) is 10.0. The van der Waals surface area contributed by atoms with Crippen molar-refractivity contribution in [2.24, 2.45) is 0 Å². The van der Waals surface area contributed by atoms with Gasteiger partial charge in [0.15, 0.2) is 0 Å². The summed E-state index contributed by atoms with van der Waals surface area (Å²) in [6, 6.07) is 14.3. The first-order chi connectivity index (χ1) is 20.0. The molecule has 0 spiro atoms. The molecule has 5 aromatic rings. The molecular weight excluding hydrogens is 575 g/mol. The molecule has 0 saturated heterocycles. The van der Waals surface area contributed by atoms with Crippen LogP contribution in [0.25, 0.3) is 22.5 Å². The lowest BCUT2D eigenvalue weighted by molar-refractivity contribution is 0.101. The van der Waals surface area contributed by atoms with E-state index in [2.05, 4.69) is 20.9 Å². The monoisotopic (exact) mass is 602 g/mol. The molecule has 8 nitrogen and oxygen atoms in total. The van der Waals surface area contributed by atoms with Crippen LogP contribution in [0.1, 0.15) is 54.5 Å². The van der Waals surface area contributed by atoms with Gasteiger partial charge in [0.2, 0.25) is 0 Å². The third kappa shape index (κ3) is 5.08. The summed E-state index contributed by atoms with van der Waals surface area (Å²) in [4.78, 5) is 27.3. The van der Waals surface area contributed by atoms with E-state index in [1.807, 2.05) is 39.8 Å². The molecule has 2 aromatic heterocycles. The van der Waals surface area contributed by atoms with Crippen LogP contribution < -0.4 is 10.6 Å². The number of nitrogens with one attached hydrogen (secondary N) is 2. The highest BCUT2D eigenvalue weighted by atomic mass is 35.5. The van der Waals surface area contributed by atoms with Crippen LogP contribution in [0.15, 0.2) is 57.6 Å². The van der Waals surface area contributed by atoms with Crippen LogP contribution in [0.3, 0.4) is 0 Å². The lowest BCUT2D eigenvalue weighted by Gasteiger charge is -2.21. The number of halogens is 2. The Kier molecular flexibility index (Phi) is 7.95. The number of hydrogen-bond acceptors (Lipinski definition) is 6. The third-order valence-corrected chi connectivity index (χ3v) is 8.20. The average Bonchev–Trinajstić information content (AvgIpc) is 3.55. The van der Waals surface area contributed by atoms with Gasteiger partial charge in [0.1, 0.15) is 34.0 Å². The summed E-state index contributed by atoms with van der Waals surface area (Å²) >= 11 is 12.8. The molecular formula is C32H28Cl2N4O4. The largest absolute Gasteiger partial charge is 0.360 e. The molecule has 5 rings (SSSR count). The van der Waals surface area contributed by atoms with Gasteiger partial charge in [-0.2, -0.15) is 0 Å². The summed E-state index contributed by atoms with van der Waals surface area (Å²) in [7, 11) is 0. The van der Waals surface area contributed by atoms with E-state index < -0.39 is 0 Å². The smallest absolute Gasteiger partial charge is 0.261 e. The van der Waals surface area contributed by atoms with Crippen LogP contribution in [0.5, 0.6) is 0 Å². The van der Waals surface area contributed by atoms with E-state index in [1.165, 1.54) is 0 Å². The Morgan fingerprint density at radius 1 is 0.595 bits per heavy atom. The Bertz CT molecular complexity index is 1710. The molecule has 0 unspecified atom stereocenters. The summed E-state index contributed by atoms with van der Waals surface area (Å²) in [6.45, 7) is 10.9. The van der Waals surface area contributed by atoms with Gasteiger partial charge in [0, 0.05) is 22.5 Å². The zero-order chi connectivity index (χ0) is 30.3. The van der Waals surface area contributed by atoms with Crippen LogP contribution in [-0.4, -0.2) is 22.1 Å². The van der Waals surface area contributed by atoms with E-state index in [1.54, 1.807) is 50.2 Å². The van der Waals surface area contributed by atoms with Crippen molar-refractivity contribution in [1.82, 2.24) is 10.3 Å². The molecule has 42 heavy (non-hydrogen) atoms. The summed E-state index contributed by atoms with van der Waals surface area (Å²) < 4.78 is 10.8. The SMILES string of the molecule is Cc1onc(-c2ccccc2Cl)c1C(=O)Nc1c(C)c(C)c(NC(=O)c2c(-c3ccccc3Cl)noc2C)c(C)c1C. The normalized spacial score (nSPS) is 11.0. The van der Waals surface area contributed by atoms with Crippen LogP contribution >= 0.6 is 23.2 Å². The van der Waals surface area contributed by atoms with E-state index >= 15 is 0 Å². The maximum absolute atomic E-state index is 13.6. The van der Waals surface area contributed by atoms with E-state index in [0.717, 1.165) is 22.3 Å². The second kappa shape index (κ2) is 11.5. The first kappa shape index (κ1) is 29.1. The van der Waals surface area contributed by atoms with Crippen molar-refractivity contribution in [2.75, 3.05) is 10.6 Å². The van der Waals surface area contributed by atoms with Crippen molar-refractivity contribution in [3.05, 3.63) is 103 Å². The van der Waals surface area contributed by atoms with E-state index in [0.29, 0.717) is 66.6 Å². The number of rotatable bonds is 6. The van der Waals surface area contributed by atoms with Crippen molar-refractivity contribution in [3.8, 4) is 22.5 Å². The molecule has 0 saturated carbocycles. The number of nitrogens with zero attached hydrogens (tertiary/aromatic N) is 2. The highest BCUT2D eigenvalue weighted by molar-refractivity contribution is 6.34. The van der Waals surface area contributed by atoms with Crippen LogP contribution in [-0.2, 0) is 0 Å². The topological polar surface area (TPSA) is 110 Å². The molecule has 10 heteroatoms. The molecule has 3 aromatic carbocycles. The molecule has 0 fully saturated rings. The summed E-state index contributed by atoms with van der Waals surface area (Å²) in [5.74, 6) is -0.0215. The number of carbonyl (C=O) groups excluding carboxylic acids is 2. The summed E-state index contributed by atoms with van der Waals surface area (Å²) in [6.07, 6.45) is 0. The van der Waals surface area contributed by atoms with Crippen LogP contribution in [0, 0.1) is 41.5 Å². The lowest BCUT2D eigenvalue weighted by atomic mass is 9.95. The molecule has 0 aliphatic heterocycles. The molecule has 2 amide bonds. The molecule has 0 aliphatic carbocycles.